The summed E-state index contributed by atoms with van der Waals surface area (Å²) >= 11 is 5.99. The van der Waals surface area contributed by atoms with Gasteiger partial charge in [0.1, 0.15) is 5.65 Å². The average molecular weight is 261 g/mol. The van der Waals surface area contributed by atoms with E-state index < -0.39 is 0 Å². The molecule has 0 bridgehead atoms. The SMILES string of the molecule is OCCCc1ccc2[nH]c3ncc(Cl)cc3c2c1. The highest BCUT2D eigenvalue weighted by Crippen LogP contribution is 2.27. The van der Waals surface area contributed by atoms with E-state index in [0.29, 0.717) is 5.02 Å². The van der Waals surface area contributed by atoms with Gasteiger partial charge in [0.05, 0.1) is 5.02 Å². The van der Waals surface area contributed by atoms with Gasteiger partial charge in [-0.1, -0.05) is 17.7 Å². The average Bonchev–Trinajstić information content (AvgIpc) is 2.74. The molecular weight excluding hydrogens is 248 g/mol. The van der Waals surface area contributed by atoms with Crippen molar-refractivity contribution < 1.29 is 5.11 Å². The minimum atomic E-state index is 0.222. The monoisotopic (exact) mass is 260 g/mol. The zero-order valence-corrected chi connectivity index (χ0v) is 10.5. The molecule has 0 aliphatic heterocycles. The maximum Gasteiger partial charge on any atom is 0.138 e. The van der Waals surface area contributed by atoms with Crippen LogP contribution in [0.15, 0.2) is 30.5 Å². The molecule has 0 saturated heterocycles. The number of pyridine rings is 1. The number of benzene rings is 1. The summed E-state index contributed by atoms with van der Waals surface area (Å²) in [5, 5.41) is 11.7. The van der Waals surface area contributed by atoms with Crippen LogP contribution in [-0.4, -0.2) is 21.7 Å². The lowest BCUT2D eigenvalue weighted by molar-refractivity contribution is 0.288. The summed E-state index contributed by atoms with van der Waals surface area (Å²) in [4.78, 5) is 7.55. The van der Waals surface area contributed by atoms with E-state index in [1.54, 1.807) is 6.20 Å². The summed E-state index contributed by atoms with van der Waals surface area (Å²) < 4.78 is 0. The normalized spacial score (nSPS) is 11.4. The van der Waals surface area contributed by atoms with Gasteiger partial charge < -0.3 is 10.1 Å². The van der Waals surface area contributed by atoms with Gasteiger partial charge in [0, 0.05) is 29.1 Å². The molecule has 0 saturated carbocycles. The molecule has 3 aromatic rings. The first-order valence-corrected chi connectivity index (χ1v) is 6.32. The lowest BCUT2D eigenvalue weighted by atomic mass is 10.1. The molecule has 0 spiro atoms. The van der Waals surface area contributed by atoms with Crippen molar-refractivity contribution in [1.29, 1.82) is 0 Å². The molecule has 2 heterocycles. The van der Waals surface area contributed by atoms with Crippen molar-refractivity contribution in [2.24, 2.45) is 0 Å². The topological polar surface area (TPSA) is 48.9 Å². The Labute approximate surface area is 109 Å². The molecule has 92 valence electrons. The Morgan fingerprint density at radius 1 is 1.22 bits per heavy atom. The summed E-state index contributed by atoms with van der Waals surface area (Å²) in [7, 11) is 0. The van der Waals surface area contributed by atoms with Gasteiger partial charge in [-0.25, -0.2) is 4.98 Å². The number of aromatic nitrogens is 2. The summed E-state index contributed by atoms with van der Waals surface area (Å²) in [5.41, 5.74) is 3.14. The standard InChI is InChI=1S/C14H13ClN2O/c15-10-7-12-11-6-9(2-1-5-18)3-4-13(11)17-14(12)16-8-10/h3-4,6-8,18H,1-2,5H2,(H,16,17). The van der Waals surface area contributed by atoms with Gasteiger partial charge in [0.15, 0.2) is 0 Å². The van der Waals surface area contributed by atoms with Crippen LogP contribution in [0.3, 0.4) is 0 Å². The highest BCUT2D eigenvalue weighted by Gasteiger charge is 2.06. The molecular formula is C14H13ClN2O. The van der Waals surface area contributed by atoms with Crippen molar-refractivity contribution >= 4 is 33.5 Å². The van der Waals surface area contributed by atoms with Crippen LogP contribution < -0.4 is 0 Å². The first kappa shape index (κ1) is 11.5. The number of aromatic amines is 1. The molecule has 1 aromatic carbocycles. The fraction of sp³-hybridized carbons (Fsp3) is 0.214. The van der Waals surface area contributed by atoms with Crippen LogP contribution in [0, 0.1) is 0 Å². The minimum absolute atomic E-state index is 0.222. The van der Waals surface area contributed by atoms with Crippen molar-refractivity contribution in [3.05, 3.63) is 41.0 Å². The third kappa shape index (κ3) is 1.96. The van der Waals surface area contributed by atoms with Crippen molar-refractivity contribution in [2.75, 3.05) is 6.61 Å². The van der Waals surface area contributed by atoms with Crippen LogP contribution in [-0.2, 0) is 6.42 Å². The number of hydrogen-bond acceptors (Lipinski definition) is 2. The molecule has 3 nitrogen and oxygen atoms in total. The fourth-order valence-corrected chi connectivity index (χ4v) is 2.39. The molecule has 0 radical (unpaired) electrons. The smallest absolute Gasteiger partial charge is 0.138 e. The maximum absolute atomic E-state index is 8.88. The van der Waals surface area contributed by atoms with Crippen LogP contribution in [0.25, 0.3) is 21.9 Å². The van der Waals surface area contributed by atoms with E-state index in [2.05, 4.69) is 28.2 Å². The van der Waals surface area contributed by atoms with Crippen LogP contribution in [0.5, 0.6) is 0 Å². The maximum atomic E-state index is 8.88. The van der Waals surface area contributed by atoms with Gasteiger partial charge in [-0.2, -0.15) is 0 Å². The quantitative estimate of drug-likeness (QED) is 0.759. The molecule has 2 N–H and O–H groups in total. The molecule has 0 unspecified atom stereocenters. The number of aliphatic hydroxyl groups is 1. The molecule has 3 rings (SSSR count). The Morgan fingerprint density at radius 3 is 2.94 bits per heavy atom. The predicted molar refractivity (Wildman–Crippen MR) is 74.0 cm³/mol. The zero-order chi connectivity index (χ0) is 12.5. The van der Waals surface area contributed by atoms with Crippen LogP contribution in [0.2, 0.25) is 5.02 Å². The molecule has 0 amide bonds. The Morgan fingerprint density at radius 2 is 2.11 bits per heavy atom. The molecule has 0 aliphatic rings. The second-order valence-electron chi connectivity index (χ2n) is 4.38. The zero-order valence-electron chi connectivity index (χ0n) is 9.78. The molecule has 0 atom stereocenters. The first-order chi connectivity index (χ1) is 8.78. The summed E-state index contributed by atoms with van der Waals surface area (Å²) in [6, 6.07) is 8.20. The highest BCUT2D eigenvalue weighted by atomic mass is 35.5. The van der Waals surface area contributed by atoms with Gasteiger partial charge in [0.25, 0.3) is 0 Å². The van der Waals surface area contributed by atoms with E-state index in [4.69, 9.17) is 16.7 Å². The van der Waals surface area contributed by atoms with Crippen LogP contribution in [0.1, 0.15) is 12.0 Å². The van der Waals surface area contributed by atoms with E-state index in [1.165, 1.54) is 5.56 Å². The van der Waals surface area contributed by atoms with Crippen molar-refractivity contribution in [2.45, 2.75) is 12.8 Å². The molecule has 0 aliphatic carbocycles. The van der Waals surface area contributed by atoms with E-state index in [0.717, 1.165) is 34.8 Å². The largest absolute Gasteiger partial charge is 0.396 e. The van der Waals surface area contributed by atoms with Gasteiger partial charge >= 0.3 is 0 Å². The first-order valence-electron chi connectivity index (χ1n) is 5.94. The van der Waals surface area contributed by atoms with Gasteiger partial charge in [0.2, 0.25) is 0 Å². The Bertz CT molecular complexity index is 705. The van der Waals surface area contributed by atoms with Crippen LogP contribution in [0.4, 0.5) is 0 Å². The molecule has 18 heavy (non-hydrogen) atoms. The number of nitrogens with one attached hydrogen (secondary N) is 1. The Hall–Kier alpha value is -1.58. The van der Waals surface area contributed by atoms with Crippen molar-refractivity contribution in [1.82, 2.24) is 9.97 Å². The van der Waals surface area contributed by atoms with Gasteiger partial charge in [-0.05, 0) is 36.6 Å². The molecule has 2 aromatic heterocycles. The van der Waals surface area contributed by atoms with E-state index >= 15 is 0 Å². The second kappa shape index (κ2) is 4.59. The number of aryl methyl sites for hydroxylation is 1. The lowest BCUT2D eigenvalue weighted by Crippen LogP contribution is -1.88. The van der Waals surface area contributed by atoms with Crippen molar-refractivity contribution in [3.8, 4) is 0 Å². The van der Waals surface area contributed by atoms with Gasteiger partial charge in [-0.15, -0.1) is 0 Å². The van der Waals surface area contributed by atoms with Gasteiger partial charge in [-0.3, -0.25) is 0 Å². The lowest BCUT2D eigenvalue weighted by Gasteiger charge is -2.00. The summed E-state index contributed by atoms with van der Waals surface area (Å²) in [5.74, 6) is 0. The summed E-state index contributed by atoms with van der Waals surface area (Å²) in [6.45, 7) is 0.222. The van der Waals surface area contributed by atoms with Crippen LogP contribution >= 0.6 is 11.6 Å². The molecule has 0 fully saturated rings. The number of aliphatic hydroxyl groups excluding tert-OH is 1. The third-order valence-electron chi connectivity index (χ3n) is 3.11. The number of nitrogens with zero attached hydrogens (tertiary/aromatic N) is 1. The number of H-pyrrole nitrogens is 1. The van der Waals surface area contributed by atoms with E-state index in [-0.39, 0.29) is 6.61 Å². The Kier molecular flexibility index (Phi) is 2.94. The van der Waals surface area contributed by atoms with Crippen molar-refractivity contribution in [3.63, 3.8) is 0 Å². The summed E-state index contributed by atoms with van der Waals surface area (Å²) in [6.07, 6.45) is 3.31. The molecule has 4 heteroatoms. The number of hydrogen-bond donors (Lipinski definition) is 2. The van der Waals surface area contributed by atoms with E-state index in [9.17, 15) is 0 Å². The third-order valence-corrected chi connectivity index (χ3v) is 3.31. The fourth-order valence-electron chi connectivity index (χ4n) is 2.23. The second-order valence-corrected chi connectivity index (χ2v) is 4.82. The highest BCUT2D eigenvalue weighted by molar-refractivity contribution is 6.31. The number of halogens is 1. The predicted octanol–water partition coefficient (Wildman–Crippen LogP) is 3.29. The minimum Gasteiger partial charge on any atom is -0.396 e. The number of rotatable bonds is 3. The Balaban J connectivity index is 2.18. The van der Waals surface area contributed by atoms with E-state index in [1.807, 2.05) is 6.07 Å². The number of fused-ring (bicyclic) bond motifs is 3.